The molecule has 0 amide bonds. The SMILES string of the molecule is CN=C(NCCN1CCc2cc(OC)c(OC)cc2C1)NCc1ccc(C)c(F)c1. The molecular formula is C23H31FN4O2. The second kappa shape index (κ2) is 10.3. The number of benzene rings is 2. The van der Waals surface area contributed by atoms with Gasteiger partial charge in [-0.1, -0.05) is 12.1 Å². The average molecular weight is 415 g/mol. The van der Waals surface area contributed by atoms with E-state index in [4.69, 9.17) is 9.47 Å². The Kier molecular flexibility index (Phi) is 7.52. The molecule has 7 heteroatoms. The van der Waals surface area contributed by atoms with Crippen molar-refractivity contribution in [1.29, 1.82) is 0 Å². The first-order valence-electron chi connectivity index (χ1n) is 10.2. The predicted octanol–water partition coefficient (Wildman–Crippen LogP) is 2.87. The first kappa shape index (κ1) is 21.9. The van der Waals surface area contributed by atoms with Crippen molar-refractivity contribution in [3.63, 3.8) is 0 Å². The minimum Gasteiger partial charge on any atom is -0.493 e. The van der Waals surface area contributed by atoms with E-state index in [1.165, 1.54) is 11.1 Å². The van der Waals surface area contributed by atoms with Gasteiger partial charge < -0.3 is 20.1 Å². The standard InChI is InChI=1S/C23H31FN4O2/c1-16-5-6-17(11-20(16)24)14-27-23(25-2)26-8-10-28-9-7-18-12-21(29-3)22(30-4)13-19(18)15-28/h5-6,11-13H,7-10,14-15H2,1-4H3,(H2,25,26,27). The van der Waals surface area contributed by atoms with Crippen LogP contribution >= 0.6 is 0 Å². The van der Waals surface area contributed by atoms with Gasteiger partial charge in [-0.05, 0) is 53.8 Å². The summed E-state index contributed by atoms with van der Waals surface area (Å²) in [5, 5.41) is 6.57. The Balaban J connectivity index is 1.48. The van der Waals surface area contributed by atoms with E-state index in [0.29, 0.717) is 18.1 Å². The van der Waals surface area contributed by atoms with Crippen LogP contribution in [0.4, 0.5) is 4.39 Å². The number of methoxy groups -OCH3 is 2. The molecule has 1 aliphatic rings. The van der Waals surface area contributed by atoms with E-state index in [1.807, 2.05) is 6.07 Å². The summed E-state index contributed by atoms with van der Waals surface area (Å²) in [4.78, 5) is 6.66. The summed E-state index contributed by atoms with van der Waals surface area (Å²) in [6.45, 7) is 5.83. The van der Waals surface area contributed by atoms with E-state index < -0.39 is 0 Å². The monoisotopic (exact) mass is 414 g/mol. The maximum Gasteiger partial charge on any atom is 0.191 e. The molecule has 2 aromatic rings. The van der Waals surface area contributed by atoms with Crippen LogP contribution < -0.4 is 20.1 Å². The highest BCUT2D eigenvalue weighted by Gasteiger charge is 2.19. The van der Waals surface area contributed by atoms with E-state index in [2.05, 4.69) is 32.7 Å². The summed E-state index contributed by atoms with van der Waals surface area (Å²) < 4.78 is 24.5. The number of nitrogens with one attached hydrogen (secondary N) is 2. The van der Waals surface area contributed by atoms with Crippen LogP contribution in [-0.2, 0) is 19.5 Å². The van der Waals surface area contributed by atoms with Crippen LogP contribution in [0.15, 0.2) is 35.3 Å². The molecule has 3 rings (SSSR count). The summed E-state index contributed by atoms with van der Waals surface area (Å²) in [5.41, 5.74) is 4.14. The van der Waals surface area contributed by atoms with Gasteiger partial charge in [-0.25, -0.2) is 4.39 Å². The predicted molar refractivity (Wildman–Crippen MR) is 118 cm³/mol. The number of aliphatic imine (C=N–C) groups is 1. The van der Waals surface area contributed by atoms with Crippen LogP contribution in [0.5, 0.6) is 11.5 Å². The molecular weight excluding hydrogens is 383 g/mol. The minimum atomic E-state index is -0.183. The lowest BCUT2D eigenvalue weighted by Crippen LogP contribution is -2.42. The van der Waals surface area contributed by atoms with E-state index in [9.17, 15) is 4.39 Å². The molecule has 0 fully saturated rings. The van der Waals surface area contributed by atoms with Crippen LogP contribution in [0.25, 0.3) is 0 Å². The number of hydrogen-bond donors (Lipinski definition) is 2. The van der Waals surface area contributed by atoms with E-state index in [0.717, 1.165) is 49.7 Å². The highest BCUT2D eigenvalue weighted by molar-refractivity contribution is 5.79. The number of nitrogens with zero attached hydrogens (tertiary/aromatic N) is 2. The summed E-state index contributed by atoms with van der Waals surface area (Å²) in [6.07, 6.45) is 0.988. The van der Waals surface area contributed by atoms with Crippen LogP contribution in [0.3, 0.4) is 0 Å². The van der Waals surface area contributed by atoms with Gasteiger partial charge in [0, 0.05) is 39.8 Å². The van der Waals surface area contributed by atoms with Gasteiger partial charge >= 0.3 is 0 Å². The molecule has 6 nitrogen and oxygen atoms in total. The zero-order valence-corrected chi connectivity index (χ0v) is 18.2. The normalized spacial score (nSPS) is 14.2. The topological polar surface area (TPSA) is 58.1 Å². The van der Waals surface area contributed by atoms with Gasteiger partial charge in [-0.15, -0.1) is 0 Å². The zero-order valence-electron chi connectivity index (χ0n) is 18.2. The summed E-state index contributed by atoms with van der Waals surface area (Å²) >= 11 is 0. The molecule has 162 valence electrons. The lowest BCUT2D eigenvalue weighted by Gasteiger charge is -2.29. The number of fused-ring (bicyclic) bond motifs is 1. The maximum atomic E-state index is 13.7. The van der Waals surface area contributed by atoms with Crippen LogP contribution in [0, 0.1) is 12.7 Å². The largest absolute Gasteiger partial charge is 0.493 e. The average Bonchev–Trinajstić information content (AvgIpc) is 2.77. The van der Waals surface area contributed by atoms with Crippen molar-refractivity contribution in [1.82, 2.24) is 15.5 Å². The Morgan fingerprint density at radius 2 is 1.83 bits per heavy atom. The third kappa shape index (κ3) is 5.42. The maximum absolute atomic E-state index is 13.7. The quantitative estimate of drug-likeness (QED) is 0.539. The number of aryl methyl sites for hydroxylation is 1. The molecule has 0 saturated carbocycles. The Bertz CT molecular complexity index is 901. The highest BCUT2D eigenvalue weighted by atomic mass is 19.1. The molecule has 2 N–H and O–H groups in total. The fraction of sp³-hybridized carbons (Fsp3) is 0.435. The van der Waals surface area contributed by atoms with Gasteiger partial charge in [-0.3, -0.25) is 9.89 Å². The lowest BCUT2D eigenvalue weighted by molar-refractivity contribution is 0.256. The fourth-order valence-electron chi connectivity index (χ4n) is 3.62. The first-order valence-corrected chi connectivity index (χ1v) is 10.2. The molecule has 0 aromatic heterocycles. The molecule has 1 aliphatic heterocycles. The van der Waals surface area contributed by atoms with Crippen molar-refractivity contribution in [2.45, 2.75) is 26.4 Å². The Hall–Kier alpha value is -2.80. The summed E-state index contributed by atoms with van der Waals surface area (Å²) in [7, 11) is 5.07. The summed E-state index contributed by atoms with van der Waals surface area (Å²) in [6, 6.07) is 9.44. The number of halogens is 1. The van der Waals surface area contributed by atoms with Crippen LogP contribution in [-0.4, -0.2) is 51.8 Å². The number of guanidine groups is 1. The van der Waals surface area contributed by atoms with Gasteiger partial charge in [0.2, 0.25) is 0 Å². The van der Waals surface area contributed by atoms with Crippen molar-refractivity contribution >= 4 is 5.96 Å². The van der Waals surface area contributed by atoms with Gasteiger partial charge in [0.05, 0.1) is 14.2 Å². The fourth-order valence-corrected chi connectivity index (χ4v) is 3.62. The van der Waals surface area contributed by atoms with Crippen LogP contribution in [0.1, 0.15) is 22.3 Å². The Morgan fingerprint density at radius 1 is 1.10 bits per heavy atom. The molecule has 0 bridgehead atoms. The molecule has 1 heterocycles. The van der Waals surface area contributed by atoms with Gasteiger partial charge in [-0.2, -0.15) is 0 Å². The second-order valence-electron chi connectivity index (χ2n) is 7.44. The van der Waals surface area contributed by atoms with Crippen molar-refractivity contribution in [2.24, 2.45) is 4.99 Å². The molecule has 30 heavy (non-hydrogen) atoms. The van der Waals surface area contributed by atoms with Crippen molar-refractivity contribution in [3.8, 4) is 11.5 Å². The first-order chi connectivity index (χ1) is 14.5. The van der Waals surface area contributed by atoms with Gasteiger partial charge in [0.25, 0.3) is 0 Å². The van der Waals surface area contributed by atoms with E-state index in [-0.39, 0.29) is 5.82 Å². The molecule has 0 aliphatic carbocycles. The van der Waals surface area contributed by atoms with Crippen LogP contribution in [0.2, 0.25) is 0 Å². The van der Waals surface area contributed by atoms with Crippen molar-refractivity contribution < 1.29 is 13.9 Å². The number of hydrogen-bond acceptors (Lipinski definition) is 4. The Labute approximate surface area is 178 Å². The summed E-state index contributed by atoms with van der Waals surface area (Å²) in [5.74, 6) is 2.08. The lowest BCUT2D eigenvalue weighted by atomic mass is 9.99. The smallest absolute Gasteiger partial charge is 0.191 e. The molecule has 0 radical (unpaired) electrons. The third-order valence-electron chi connectivity index (χ3n) is 5.44. The van der Waals surface area contributed by atoms with Gasteiger partial charge in [0.15, 0.2) is 17.5 Å². The molecule has 0 saturated heterocycles. The zero-order chi connectivity index (χ0) is 21.5. The highest BCUT2D eigenvalue weighted by Crippen LogP contribution is 2.33. The number of ether oxygens (including phenoxy) is 2. The molecule has 0 spiro atoms. The Morgan fingerprint density at radius 3 is 2.50 bits per heavy atom. The molecule has 0 atom stereocenters. The molecule has 0 unspecified atom stereocenters. The van der Waals surface area contributed by atoms with Gasteiger partial charge in [0.1, 0.15) is 5.82 Å². The number of rotatable bonds is 7. The molecule has 2 aromatic carbocycles. The minimum absolute atomic E-state index is 0.183. The second-order valence-corrected chi connectivity index (χ2v) is 7.44. The van der Waals surface area contributed by atoms with E-state index >= 15 is 0 Å². The third-order valence-corrected chi connectivity index (χ3v) is 5.44. The van der Waals surface area contributed by atoms with E-state index in [1.54, 1.807) is 40.3 Å². The van der Waals surface area contributed by atoms with Crippen molar-refractivity contribution in [3.05, 3.63) is 58.4 Å². The van der Waals surface area contributed by atoms with Crippen molar-refractivity contribution in [2.75, 3.05) is 40.9 Å².